The Bertz CT molecular complexity index is 418. The minimum absolute atomic E-state index is 0.0558. The zero-order chi connectivity index (χ0) is 15.2. The number of rotatable bonds is 7. The maximum Gasteiger partial charge on any atom is 0.411 e. The highest BCUT2D eigenvalue weighted by atomic mass is 19.4. The Morgan fingerprint density at radius 1 is 1.20 bits per heavy atom. The molecule has 0 bridgehead atoms. The molecular formula is C15H22F3NO. The average Bonchev–Trinajstić information content (AvgIpc) is 2.32. The summed E-state index contributed by atoms with van der Waals surface area (Å²) in [5, 5.41) is 3.16. The smallest absolute Gasteiger partial charge is 0.370 e. The molecule has 1 rings (SSSR count). The van der Waals surface area contributed by atoms with Crippen LogP contribution >= 0.6 is 0 Å². The predicted molar refractivity (Wildman–Crippen MR) is 74.0 cm³/mol. The van der Waals surface area contributed by atoms with Gasteiger partial charge in [0.15, 0.2) is 0 Å². The van der Waals surface area contributed by atoms with E-state index in [0.717, 1.165) is 5.56 Å². The molecule has 0 radical (unpaired) electrons. The molecule has 2 nitrogen and oxygen atoms in total. The second-order valence-electron chi connectivity index (χ2n) is 5.01. The quantitative estimate of drug-likeness (QED) is 0.830. The zero-order valence-corrected chi connectivity index (χ0v) is 12.2. The van der Waals surface area contributed by atoms with Crippen LogP contribution in [0.25, 0.3) is 0 Å². The molecule has 1 aromatic carbocycles. The predicted octanol–water partition coefficient (Wildman–Crippen LogP) is 3.40. The molecule has 1 aromatic rings. The molecule has 0 fully saturated rings. The molecule has 0 spiro atoms. The van der Waals surface area contributed by atoms with E-state index in [-0.39, 0.29) is 12.6 Å². The van der Waals surface area contributed by atoms with Crippen molar-refractivity contribution in [2.75, 3.05) is 19.8 Å². The summed E-state index contributed by atoms with van der Waals surface area (Å²) < 4.78 is 41.0. The lowest BCUT2D eigenvalue weighted by Crippen LogP contribution is -2.36. The van der Waals surface area contributed by atoms with Gasteiger partial charge in [0, 0.05) is 6.04 Å². The lowest BCUT2D eigenvalue weighted by Gasteiger charge is -2.19. The standard InChI is InChI=1S/C15H22F3NO/c1-4-19-14(9-20-10-15(16,17)18)8-13-6-5-11(2)12(3)7-13/h5-7,14,19H,4,8-10H2,1-3H3. The highest BCUT2D eigenvalue weighted by Crippen LogP contribution is 2.15. The number of alkyl halides is 3. The third-order valence-corrected chi connectivity index (χ3v) is 3.13. The second-order valence-corrected chi connectivity index (χ2v) is 5.01. The van der Waals surface area contributed by atoms with E-state index in [1.807, 2.05) is 32.9 Å². The topological polar surface area (TPSA) is 21.3 Å². The number of aryl methyl sites for hydroxylation is 2. The first-order valence-corrected chi connectivity index (χ1v) is 6.76. The lowest BCUT2D eigenvalue weighted by molar-refractivity contribution is -0.175. The molecule has 0 heterocycles. The van der Waals surface area contributed by atoms with Gasteiger partial charge in [-0.2, -0.15) is 13.2 Å². The van der Waals surface area contributed by atoms with Gasteiger partial charge in [0.05, 0.1) is 6.61 Å². The minimum Gasteiger partial charge on any atom is -0.370 e. The van der Waals surface area contributed by atoms with Crippen LogP contribution in [0.15, 0.2) is 18.2 Å². The summed E-state index contributed by atoms with van der Waals surface area (Å²) in [6.45, 7) is 5.55. The van der Waals surface area contributed by atoms with Crippen LogP contribution in [0.1, 0.15) is 23.6 Å². The molecular weight excluding hydrogens is 267 g/mol. The molecule has 114 valence electrons. The molecule has 0 amide bonds. The monoisotopic (exact) mass is 289 g/mol. The molecule has 0 saturated carbocycles. The number of benzene rings is 1. The summed E-state index contributed by atoms with van der Waals surface area (Å²) >= 11 is 0. The highest BCUT2D eigenvalue weighted by molar-refractivity contribution is 5.30. The van der Waals surface area contributed by atoms with E-state index < -0.39 is 12.8 Å². The third-order valence-electron chi connectivity index (χ3n) is 3.13. The number of hydrogen-bond donors (Lipinski definition) is 1. The summed E-state index contributed by atoms with van der Waals surface area (Å²) in [5.41, 5.74) is 3.51. The molecule has 0 aromatic heterocycles. The van der Waals surface area contributed by atoms with Crippen molar-refractivity contribution in [3.63, 3.8) is 0 Å². The molecule has 0 aliphatic carbocycles. The first kappa shape index (κ1) is 17.0. The van der Waals surface area contributed by atoms with Gasteiger partial charge in [-0.05, 0) is 43.5 Å². The second kappa shape index (κ2) is 7.64. The first-order chi connectivity index (χ1) is 9.31. The highest BCUT2D eigenvalue weighted by Gasteiger charge is 2.27. The summed E-state index contributed by atoms with van der Waals surface area (Å²) in [6, 6.07) is 6.01. The number of hydrogen-bond acceptors (Lipinski definition) is 2. The van der Waals surface area contributed by atoms with Crippen LogP contribution in [-0.2, 0) is 11.2 Å². The Morgan fingerprint density at radius 3 is 2.45 bits per heavy atom. The summed E-state index contributed by atoms with van der Waals surface area (Å²) in [5.74, 6) is 0. The summed E-state index contributed by atoms with van der Waals surface area (Å²) in [7, 11) is 0. The normalized spacial score (nSPS) is 13.5. The average molecular weight is 289 g/mol. The Morgan fingerprint density at radius 2 is 1.90 bits per heavy atom. The van der Waals surface area contributed by atoms with Crippen molar-refractivity contribution in [1.82, 2.24) is 5.32 Å². The van der Waals surface area contributed by atoms with E-state index in [0.29, 0.717) is 13.0 Å². The molecule has 0 aliphatic heterocycles. The van der Waals surface area contributed by atoms with Gasteiger partial charge >= 0.3 is 6.18 Å². The fourth-order valence-corrected chi connectivity index (χ4v) is 2.01. The van der Waals surface area contributed by atoms with Crippen molar-refractivity contribution < 1.29 is 17.9 Å². The van der Waals surface area contributed by atoms with Gasteiger partial charge in [-0.3, -0.25) is 0 Å². The molecule has 0 aliphatic rings. The van der Waals surface area contributed by atoms with Crippen LogP contribution in [0, 0.1) is 13.8 Å². The van der Waals surface area contributed by atoms with Crippen molar-refractivity contribution in [3.05, 3.63) is 34.9 Å². The van der Waals surface area contributed by atoms with Crippen molar-refractivity contribution >= 4 is 0 Å². The molecule has 1 N–H and O–H groups in total. The van der Waals surface area contributed by atoms with Gasteiger partial charge in [-0.15, -0.1) is 0 Å². The number of nitrogens with one attached hydrogen (secondary N) is 1. The van der Waals surface area contributed by atoms with Crippen LogP contribution in [0.2, 0.25) is 0 Å². The maximum absolute atomic E-state index is 12.1. The van der Waals surface area contributed by atoms with Crippen LogP contribution in [0.5, 0.6) is 0 Å². The van der Waals surface area contributed by atoms with Crippen LogP contribution in [0.4, 0.5) is 13.2 Å². The van der Waals surface area contributed by atoms with E-state index in [1.165, 1.54) is 11.1 Å². The summed E-state index contributed by atoms with van der Waals surface area (Å²) in [4.78, 5) is 0. The SMILES string of the molecule is CCNC(COCC(F)(F)F)Cc1ccc(C)c(C)c1. The Labute approximate surface area is 118 Å². The van der Waals surface area contributed by atoms with Crippen molar-refractivity contribution in [2.24, 2.45) is 0 Å². The van der Waals surface area contributed by atoms with E-state index in [1.54, 1.807) is 0 Å². The van der Waals surface area contributed by atoms with Crippen LogP contribution < -0.4 is 5.32 Å². The van der Waals surface area contributed by atoms with E-state index >= 15 is 0 Å². The van der Waals surface area contributed by atoms with Gasteiger partial charge in [-0.25, -0.2) is 0 Å². The maximum atomic E-state index is 12.1. The molecule has 0 saturated heterocycles. The molecule has 20 heavy (non-hydrogen) atoms. The zero-order valence-electron chi connectivity index (χ0n) is 12.2. The Balaban J connectivity index is 2.55. The number of likely N-dealkylation sites (N-methyl/N-ethyl adjacent to an activating group) is 1. The largest absolute Gasteiger partial charge is 0.411 e. The molecule has 1 atom stereocenters. The van der Waals surface area contributed by atoms with E-state index in [9.17, 15) is 13.2 Å². The summed E-state index contributed by atoms with van der Waals surface area (Å²) in [6.07, 6.45) is -3.61. The lowest BCUT2D eigenvalue weighted by atomic mass is 10.0. The third kappa shape index (κ3) is 6.39. The Hall–Kier alpha value is -1.07. The van der Waals surface area contributed by atoms with Crippen molar-refractivity contribution in [3.8, 4) is 0 Å². The van der Waals surface area contributed by atoms with Gasteiger partial charge in [-0.1, -0.05) is 25.1 Å². The molecule has 1 unspecified atom stereocenters. The number of ether oxygens (including phenoxy) is 1. The van der Waals surface area contributed by atoms with Gasteiger partial charge in [0.1, 0.15) is 6.61 Å². The van der Waals surface area contributed by atoms with Crippen molar-refractivity contribution in [2.45, 2.75) is 39.4 Å². The fraction of sp³-hybridized carbons (Fsp3) is 0.600. The fourth-order valence-electron chi connectivity index (χ4n) is 2.01. The number of halogens is 3. The van der Waals surface area contributed by atoms with E-state index in [2.05, 4.69) is 11.4 Å². The van der Waals surface area contributed by atoms with Gasteiger partial charge in [0.2, 0.25) is 0 Å². The van der Waals surface area contributed by atoms with E-state index in [4.69, 9.17) is 4.74 Å². The van der Waals surface area contributed by atoms with Gasteiger partial charge in [0.25, 0.3) is 0 Å². The van der Waals surface area contributed by atoms with Crippen molar-refractivity contribution in [1.29, 1.82) is 0 Å². The first-order valence-electron chi connectivity index (χ1n) is 6.76. The van der Waals surface area contributed by atoms with Crippen LogP contribution in [0.3, 0.4) is 0 Å². The Kier molecular flexibility index (Phi) is 6.49. The van der Waals surface area contributed by atoms with Crippen LogP contribution in [-0.4, -0.2) is 32.0 Å². The molecule has 5 heteroatoms. The minimum atomic E-state index is -4.27. The van der Waals surface area contributed by atoms with Gasteiger partial charge < -0.3 is 10.1 Å².